The van der Waals surface area contributed by atoms with Crippen molar-refractivity contribution in [1.29, 1.82) is 0 Å². The molecule has 0 amide bonds. The Morgan fingerprint density at radius 3 is 2.63 bits per heavy atom. The standard InChI is InChI=1S/C14H23N3O2/c1-4-10-16-11(13(18)19-3)12(15)17(10)9-14(2)7-5-6-8-14/h4-9,15H2,1-3H3. The summed E-state index contributed by atoms with van der Waals surface area (Å²) in [5.74, 6) is 0.852. The van der Waals surface area contributed by atoms with Crippen LogP contribution in [0.3, 0.4) is 0 Å². The van der Waals surface area contributed by atoms with Crippen LogP contribution in [0.2, 0.25) is 0 Å². The Labute approximate surface area is 114 Å². The number of nitrogens with zero attached hydrogens (tertiary/aromatic N) is 2. The van der Waals surface area contributed by atoms with Crippen molar-refractivity contribution in [3.8, 4) is 0 Å². The van der Waals surface area contributed by atoms with E-state index in [0.717, 1.165) is 18.8 Å². The molecule has 0 aliphatic heterocycles. The molecule has 1 saturated carbocycles. The number of aryl methyl sites for hydroxylation is 1. The highest BCUT2D eigenvalue weighted by Crippen LogP contribution is 2.40. The molecular weight excluding hydrogens is 242 g/mol. The first kappa shape index (κ1) is 13.9. The molecule has 0 saturated heterocycles. The van der Waals surface area contributed by atoms with Crippen molar-refractivity contribution >= 4 is 11.8 Å². The summed E-state index contributed by atoms with van der Waals surface area (Å²) in [6, 6.07) is 0. The van der Waals surface area contributed by atoms with E-state index in [1.165, 1.54) is 32.8 Å². The molecule has 5 nitrogen and oxygen atoms in total. The quantitative estimate of drug-likeness (QED) is 0.849. The van der Waals surface area contributed by atoms with Crippen molar-refractivity contribution in [2.75, 3.05) is 12.8 Å². The van der Waals surface area contributed by atoms with E-state index in [4.69, 9.17) is 10.5 Å². The zero-order valence-electron chi connectivity index (χ0n) is 12.0. The van der Waals surface area contributed by atoms with Crippen LogP contribution in [0.1, 0.15) is 55.8 Å². The van der Waals surface area contributed by atoms with Gasteiger partial charge in [0.15, 0.2) is 5.69 Å². The Kier molecular flexibility index (Phi) is 3.83. The van der Waals surface area contributed by atoms with Crippen LogP contribution in [0.5, 0.6) is 0 Å². The van der Waals surface area contributed by atoms with Gasteiger partial charge in [0.2, 0.25) is 0 Å². The number of esters is 1. The van der Waals surface area contributed by atoms with Gasteiger partial charge >= 0.3 is 5.97 Å². The van der Waals surface area contributed by atoms with Gasteiger partial charge in [-0.25, -0.2) is 9.78 Å². The molecule has 0 atom stereocenters. The molecular formula is C14H23N3O2. The van der Waals surface area contributed by atoms with E-state index in [1.54, 1.807) is 0 Å². The molecule has 0 aromatic carbocycles. The number of hydrogen-bond donors (Lipinski definition) is 1. The van der Waals surface area contributed by atoms with Crippen molar-refractivity contribution in [3.63, 3.8) is 0 Å². The molecule has 19 heavy (non-hydrogen) atoms. The van der Waals surface area contributed by atoms with E-state index in [9.17, 15) is 4.79 Å². The average Bonchev–Trinajstić information content (AvgIpc) is 2.95. The number of carbonyl (C=O) groups is 1. The van der Waals surface area contributed by atoms with Crippen molar-refractivity contribution in [3.05, 3.63) is 11.5 Å². The Morgan fingerprint density at radius 2 is 2.11 bits per heavy atom. The number of anilines is 1. The summed E-state index contributed by atoms with van der Waals surface area (Å²) >= 11 is 0. The highest BCUT2D eigenvalue weighted by atomic mass is 16.5. The monoisotopic (exact) mass is 265 g/mol. The number of nitrogens with two attached hydrogens (primary N) is 1. The minimum atomic E-state index is -0.456. The van der Waals surface area contributed by atoms with Gasteiger partial charge in [0.25, 0.3) is 0 Å². The van der Waals surface area contributed by atoms with Crippen LogP contribution >= 0.6 is 0 Å². The number of methoxy groups -OCH3 is 1. The Balaban J connectivity index is 2.33. The molecule has 5 heteroatoms. The summed E-state index contributed by atoms with van der Waals surface area (Å²) in [4.78, 5) is 16.0. The molecule has 0 bridgehead atoms. The lowest BCUT2D eigenvalue weighted by molar-refractivity contribution is 0.0595. The molecule has 0 spiro atoms. The number of rotatable bonds is 4. The summed E-state index contributed by atoms with van der Waals surface area (Å²) in [7, 11) is 1.35. The van der Waals surface area contributed by atoms with Gasteiger partial charge in [-0.2, -0.15) is 0 Å². The molecule has 2 rings (SSSR count). The number of aromatic nitrogens is 2. The predicted molar refractivity (Wildman–Crippen MR) is 73.9 cm³/mol. The lowest BCUT2D eigenvalue weighted by Crippen LogP contribution is -2.22. The number of nitrogen functional groups attached to an aromatic ring is 1. The van der Waals surface area contributed by atoms with Crippen molar-refractivity contribution < 1.29 is 9.53 Å². The first-order valence-electron chi connectivity index (χ1n) is 6.94. The fourth-order valence-corrected chi connectivity index (χ4v) is 2.98. The lowest BCUT2D eigenvalue weighted by atomic mass is 9.89. The van der Waals surface area contributed by atoms with Gasteiger partial charge in [-0.3, -0.25) is 0 Å². The van der Waals surface area contributed by atoms with Gasteiger partial charge in [0.05, 0.1) is 7.11 Å². The van der Waals surface area contributed by atoms with Crippen LogP contribution in [0, 0.1) is 5.41 Å². The summed E-state index contributed by atoms with van der Waals surface area (Å²) in [6.07, 6.45) is 5.73. The minimum absolute atomic E-state index is 0.251. The highest BCUT2D eigenvalue weighted by Gasteiger charge is 2.31. The second kappa shape index (κ2) is 5.23. The molecule has 1 aliphatic rings. The van der Waals surface area contributed by atoms with E-state index in [0.29, 0.717) is 5.82 Å². The van der Waals surface area contributed by atoms with Crippen LogP contribution in [-0.4, -0.2) is 22.6 Å². The first-order chi connectivity index (χ1) is 9.00. The Bertz CT molecular complexity index is 473. The van der Waals surface area contributed by atoms with E-state index >= 15 is 0 Å². The molecule has 1 aliphatic carbocycles. The normalized spacial score (nSPS) is 17.6. The minimum Gasteiger partial charge on any atom is -0.464 e. The summed E-state index contributed by atoms with van der Waals surface area (Å²) < 4.78 is 6.73. The zero-order valence-corrected chi connectivity index (χ0v) is 12.0. The molecule has 106 valence electrons. The van der Waals surface area contributed by atoms with Gasteiger partial charge in [0, 0.05) is 13.0 Å². The molecule has 0 radical (unpaired) electrons. The molecule has 0 unspecified atom stereocenters. The molecule has 1 fully saturated rings. The van der Waals surface area contributed by atoms with Crippen LogP contribution in [-0.2, 0) is 17.7 Å². The number of carbonyl (C=O) groups excluding carboxylic acids is 1. The predicted octanol–water partition coefficient (Wildman–Crippen LogP) is 2.39. The molecule has 2 N–H and O–H groups in total. The lowest BCUT2D eigenvalue weighted by Gasteiger charge is -2.25. The van der Waals surface area contributed by atoms with Crippen LogP contribution < -0.4 is 5.73 Å². The van der Waals surface area contributed by atoms with E-state index in [-0.39, 0.29) is 11.1 Å². The second-order valence-corrected chi connectivity index (χ2v) is 5.71. The van der Waals surface area contributed by atoms with E-state index in [2.05, 4.69) is 11.9 Å². The average molecular weight is 265 g/mol. The maximum absolute atomic E-state index is 11.7. The van der Waals surface area contributed by atoms with Crippen molar-refractivity contribution in [2.24, 2.45) is 5.41 Å². The van der Waals surface area contributed by atoms with Gasteiger partial charge in [0.1, 0.15) is 11.6 Å². The van der Waals surface area contributed by atoms with Crippen LogP contribution in [0.25, 0.3) is 0 Å². The highest BCUT2D eigenvalue weighted by molar-refractivity contribution is 5.92. The maximum atomic E-state index is 11.7. The zero-order chi connectivity index (χ0) is 14.0. The third-order valence-corrected chi connectivity index (χ3v) is 4.13. The van der Waals surface area contributed by atoms with E-state index < -0.39 is 5.97 Å². The van der Waals surface area contributed by atoms with Gasteiger partial charge in [-0.15, -0.1) is 0 Å². The van der Waals surface area contributed by atoms with Gasteiger partial charge < -0.3 is 15.0 Å². The Morgan fingerprint density at radius 1 is 1.47 bits per heavy atom. The Hall–Kier alpha value is -1.52. The fraction of sp³-hybridized carbons (Fsp3) is 0.714. The van der Waals surface area contributed by atoms with Crippen LogP contribution in [0.15, 0.2) is 0 Å². The first-order valence-corrected chi connectivity index (χ1v) is 6.94. The van der Waals surface area contributed by atoms with E-state index in [1.807, 2.05) is 11.5 Å². The van der Waals surface area contributed by atoms with Gasteiger partial charge in [-0.05, 0) is 18.3 Å². The van der Waals surface area contributed by atoms with Crippen LogP contribution in [0.4, 0.5) is 5.82 Å². The largest absolute Gasteiger partial charge is 0.464 e. The molecule has 1 aromatic rings. The fourth-order valence-electron chi connectivity index (χ4n) is 2.98. The third-order valence-electron chi connectivity index (χ3n) is 4.13. The van der Waals surface area contributed by atoms with Gasteiger partial charge in [-0.1, -0.05) is 26.7 Å². The smallest absolute Gasteiger partial charge is 0.360 e. The summed E-state index contributed by atoms with van der Waals surface area (Å²) in [6.45, 7) is 5.15. The number of hydrogen-bond acceptors (Lipinski definition) is 4. The second-order valence-electron chi connectivity index (χ2n) is 5.71. The number of ether oxygens (including phenoxy) is 1. The third kappa shape index (κ3) is 2.60. The molecule has 1 heterocycles. The summed E-state index contributed by atoms with van der Waals surface area (Å²) in [5, 5.41) is 0. The maximum Gasteiger partial charge on any atom is 0.360 e. The topological polar surface area (TPSA) is 70.1 Å². The van der Waals surface area contributed by atoms with Crippen molar-refractivity contribution in [2.45, 2.75) is 52.5 Å². The van der Waals surface area contributed by atoms with Crippen molar-refractivity contribution in [1.82, 2.24) is 9.55 Å². The molecule has 1 aromatic heterocycles. The number of imidazole rings is 1. The summed E-state index contributed by atoms with van der Waals surface area (Å²) in [5.41, 5.74) is 6.61. The SMILES string of the molecule is CCc1nc(C(=O)OC)c(N)n1CC1(C)CCCC1.